The van der Waals surface area contributed by atoms with Gasteiger partial charge in [0.05, 0.1) is 19.4 Å². The smallest absolute Gasteiger partial charge is 0.265 e. The lowest BCUT2D eigenvalue weighted by Crippen LogP contribution is -2.49. The van der Waals surface area contributed by atoms with Crippen molar-refractivity contribution in [3.05, 3.63) is 34.9 Å². The molecule has 2 aromatic rings. The number of nitrogens with zero attached hydrogens (tertiary/aromatic N) is 5. The molecule has 150 valence electrons. The van der Waals surface area contributed by atoms with Gasteiger partial charge in [-0.15, -0.1) is 11.3 Å². The molecule has 0 bridgehead atoms. The summed E-state index contributed by atoms with van der Waals surface area (Å²) >= 11 is 1.18. The summed E-state index contributed by atoms with van der Waals surface area (Å²) in [5, 5.41) is 1.66. The number of hydrogen-bond donors (Lipinski definition) is 0. The van der Waals surface area contributed by atoms with Crippen LogP contribution in [-0.2, 0) is 14.8 Å². The Morgan fingerprint density at radius 3 is 2.50 bits per heavy atom. The Balaban J connectivity index is 1.47. The second-order valence-electron chi connectivity index (χ2n) is 6.47. The topological polar surface area (TPSA) is 95.9 Å². The number of carbonyl (C=O) groups excluding carboxylic acids is 1. The molecule has 0 atom stereocenters. The standard InChI is InChI=1S/C17H21N5O4S2/c23-17(21-6-4-20(5-7-21)15-13-18-2-3-19-15)16-14(1-12-27-16)28(24,25)22-8-10-26-11-9-22/h1-3,12-13H,4-11H2. The summed E-state index contributed by atoms with van der Waals surface area (Å²) in [6.07, 6.45) is 4.96. The van der Waals surface area contributed by atoms with Gasteiger partial charge in [0.15, 0.2) is 0 Å². The first-order chi connectivity index (χ1) is 13.6. The number of morpholine rings is 1. The number of aromatic nitrogens is 2. The molecule has 0 radical (unpaired) electrons. The van der Waals surface area contributed by atoms with Crippen molar-refractivity contribution in [2.75, 3.05) is 57.4 Å². The van der Waals surface area contributed by atoms with Crippen molar-refractivity contribution in [3.8, 4) is 0 Å². The van der Waals surface area contributed by atoms with Crippen LogP contribution in [0.4, 0.5) is 5.82 Å². The molecule has 0 unspecified atom stereocenters. The highest BCUT2D eigenvalue weighted by atomic mass is 32.2. The summed E-state index contributed by atoms with van der Waals surface area (Å²) in [4.78, 5) is 25.5. The van der Waals surface area contributed by atoms with E-state index in [9.17, 15) is 13.2 Å². The zero-order valence-corrected chi connectivity index (χ0v) is 16.9. The molecule has 0 aliphatic carbocycles. The fourth-order valence-electron chi connectivity index (χ4n) is 3.32. The third-order valence-corrected chi connectivity index (χ3v) is 7.82. The first kappa shape index (κ1) is 19.2. The molecule has 2 fully saturated rings. The van der Waals surface area contributed by atoms with Crippen LogP contribution < -0.4 is 4.90 Å². The molecular weight excluding hydrogens is 402 g/mol. The van der Waals surface area contributed by atoms with Crippen molar-refractivity contribution in [3.63, 3.8) is 0 Å². The summed E-state index contributed by atoms with van der Waals surface area (Å²) in [5.41, 5.74) is 0. The Kier molecular flexibility index (Phi) is 5.58. The van der Waals surface area contributed by atoms with Crippen molar-refractivity contribution in [1.82, 2.24) is 19.2 Å². The molecule has 1 amide bonds. The lowest BCUT2D eigenvalue weighted by molar-refractivity contribution is 0.0724. The lowest BCUT2D eigenvalue weighted by atomic mass is 10.3. The minimum Gasteiger partial charge on any atom is -0.379 e. The first-order valence-corrected chi connectivity index (χ1v) is 11.3. The van der Waals surface area contributed by atoms with Crippen molar-refractivity contribution in [2.24, 2.45) is 0 Å². The maximum atomic E-state index is 13.0. The van der Waals surface area contributed by atoms with E-state index >= 15 is 0 Å². The van der Waals surface area contributed by atoms with E-state index in [4.69, 9.17) is 4.74 Å². The summed E-state index contributed by atoms with van der Waals surface area (Å²) in [6, 6.07) is 1.53. The zero-order valence-electron chi connectivity index (χ0n) is 15.2. The number of hydrogen-bond acceptors (Lipinski definition) is 8. The Bertz CT molecular complexity index is 920. The summed E-state index contributed by atoms with van der Waals surface area (Å²) < 4.78 is 32.6. The van der Waals surface area contributed by atoms with Crippen molar-refractivity contribution in [2.45, 2.75) is 4.90 Å². The molecule has 28 heavy (non-hydrogen) atoms. The van der Waals surface area contributed by atoms with Gasteiger partial charge >= 0.3 is 0 Å². The van der Waals surface area contributed by atoms with E-state index in [0.29, 0.717) is 52.5 Å². The van der Waals surface area contributed by atoms with Gasteiger partial charge in [-0.25, -0.2) is 13.4 Å². The Hall–Kier alpha value is -2.08. The fourth-order valence-corrected chi connectivity index (χ4v) is 6.09. The number of thiophene rings is 1. The SMILES string of the molecule is O=C(c1sccc1S(=O)(=O)N1CCOCC1)N1CCN(c2cnccn2)CC1. The molecule has 2 saturated heterocycles. The Morgan fingerprint density at radius 1 is 1.07 bits per heavy atom. The zero-order chi connectivity index (χ0) is 19.6. The van der Waals surface area contributed by atoms with Crippen molar-refractivity contribution < 1.29 is 17.9 Å². The predicted molar refractivity (Wildman–Crippen MR) is 104 cm³/mol. The van der Waals surface area contributed by atoms with E-state index in [2.05, 4.69) is 14.9 Å². The van der Waals surface area contributed by atoms with Crippen LogP contribution in [-0.4, -0.2) is 86.0 Å². The van der Waals surface area contributed by atoms with Gasteiger partial charge in [-0.05, 0) is 11.4 Å². The molecule has 0 N–H and O–H groups in total. The van der Waals surface area contributed by atoms with E-state index in [-0.39, 0.29) is 15.7 Å². The Morgan fingerprint density at radius 2 is 1.82 bits per heavy atom. The maximum absolute atomic E-state index is 13.0. The van der Waals surface area contributed by atoms with Gasteiger partial charge < -0.3 is 14.5 Å². The molecule has 11 heteroatoms. The second kappa shape index (κ2) is 8.11. The van der Waals surface area contributed by atoms with Crippen LogP contribution in [0.2, 0.25) is 0 Å². The minimum atomic E-state index is -3.70. The number of piperazine rings is 1. The second-order valence-corrected chi connectivity index (χ2v) is 9.30. The summed E-state index contributed by atoms with van der Waals surface area (Å²) in [6.45, 7) is 3.62. The average Bonchev–Trinajstić information content (AvgIpc) is 3.25. The van der Waals surface area contributed by atoms with Gasteiger partial charge in [-0.1, -0.05) is 0 Å². The number of amides is 1. The predicted octanol–water partition coefficient (Wildman–Crippen LogP) is 0.521. The van der Waals surface area contributed by atoms with Crippen LogP contribution in [0.3, 0.4) is 0 Å². The van der Waals surface area contributed by atoms with Gasteiger partial charge in [0, 0.05) is 51.7 Å². The largest absolute Gasteiger partial charge is 0.379 e. The number of ether oxygens (including phenoxy) is 1. The number of rotatable bonds is 4. The van der Waals surface area contributed by atoms with E-state index in [1.165, 1.54) is 21.7 Å². The van der Waals surface area contributed by atoms with Crippen LogP contribution in [0.5, 0.6) is 0 Å². The fraction of sp³-hybridized carbons (Fsp3) is 0.471. The molecule has 0 aromatic carbocycles. The van der Waals surface area contributed by atoms with Crippen LogP contribution in [0.25, 0.3) is 0 Å². The monoisotopic (exact) mass is 423 g/mol. The van der Waals surface area contributed by atoms with Crippen molar-refractivity contribution >= 4 is 33.1 Å². The highest BCUT2D eigenvalue weighted by molar-refractivity contribution is 7.89. The third kappa shape index (κ3) is 3.75. The van der Waals surface area contributed by atoms with Crippen LogP contribution in [0.1, 0.15) is 9.67 Å². The van der Waals surface area contributed by atoms with E-state index in [0.717, 1.165) is 5.82 Å². The van der Waals surface area contributed by atoms with Gasteiger partial charge in [0.2, 0.25) is 10.0 Å². The van der Waals surface area contributed by atoms with Crippen molar-refractivity contribution in [1.29, 1.82) is 0 Å². The molecule has 2 aliphatic heterocycles. The molecule has 4 rings (SSSR count). The molecular formula is C17H21N5O4S2. The minimum absolute atomic E-state index is 0.0979. The number of sulfonamides is 1. The van der Waals surface area contributed by atoms with Gasteiger partial charge in [0.1, 0.15) is 15.6 Å². The van der Waals surface area contributed by atoms with Gasteiger partial charge in [-0.3, -0.25) is 9.78 Å². The quantitative estimate of drug-likeness (QED) is 0.707. The average molecular weight is 424 g/mol. The highest BCUT2D eigenvalue weighted by Crippen LogP contribution is 2.27. The maximum Gasteiger partial charge on any atom is 0.265 e. The van der Waals surface area contributed by atoms with Crippen LogP contribution >= 0.6 is 11.3 Å². The molecule has 9 nitrogen and oxygen atoms in total. The Labute approximate surface area is 167 Å². The highest BCUT2D eigenvalue weighted by Gasteiger charge is 2.33. The van der Waals surface area contributed by atoms with E-state index in [1.807, 2.05) is 0 Å². The molecule has 2 aromatic heterocycles. The summed E-state index contributed by atoms with van der Waals surface area (Å²) in [5.74, 6) is 0.543. The van der Waals surface area contributed by atoms with Gasteiger partial charge in [0.25, 0.3) is 5.91 Å². The first-order valence-electron chi connectivity index (χ1n) is 9.03. The van der Waals surface area contributed by atoms with Crippen LogP contribution in [0.15, 0.2) is 34.9 Å². The molecule has 0 spiro atoms. The van der Waals surface area contributed by atoms with Gasteiger partial charge in [-0.2, -0.15) is 4.31 Å². The molecule has 2 aliphatic rings. The lowest BCUT2D eigenvalue weighted by Gasteiger charge is -2.35. The normalized spacial score (nSPS) is 19.0. The summed E-state index contributed by atoms with van der Waals surface area (Å²) in [7, 11) is -3.70. The van der Waals surface area contributed by atoms with E-state index < -0.39 is 10.0 Å². The number of carbonyl (C=O) groups is 1. The third-order valence-electron chi connectivity index (χ3n) is 4.85. The molecule has 4 heterocycles. The molecule has 0 saturated carbocycles. The van der Waals surface area contributed by atoms with E-state index in [1.54, 1.807) is 28.9 Å². The van der Waals surface area contributed by atoms with Crippen LogP contribution in [0, 0.1) is 0 Å². The number of anilines is 1.